The Labute approximate surface area is 126 Å². The van der Waals surface area contributed by atoms with Crippen molar-refractivity contribution in [2.24, 2.45) is 0 Å². The van der Waals surface area contributed by atoms with Crippen LogP contribution in [-0.2, 0) is 6.18 Å². The van der Waals surface area contributed by atoms with Crippen LogP contribution in [0.4, 0.5) is 13.2 Å². The third-order valence-electron chi connectivity index (χ3n) is 3.31. The second-order valence-corrected chi connectivity index (χ2v) is 5.07. The molecule has 2 rings (SSSR count). The number of halogens is 3. The number of aryl methyl sites for hydroxylation is 1. The van der Waals surface area contributed by atoms with Crippen molar-refractivity contribution >= 4 is 18.4 Å². The fourth-order valence-corrected chi connectivity index (χ4v) is 2.52. The number of ketones is 1. The first-order valence-electron chi connectivity index (χ1n) is 6.26. The molecule has 1 aromatic carbocycles. The number of hydrogen-bond donors (Lipinski definition) is 1. The Morgan fingerprint density at radius 1 is 1.24 bits per heavy atom. The van der Waals surface area contributed by atoms with E-state index in [-0.39, 0.29) is 11.5 Å². The number of thiol groups is 1. The van der Waals surface area contributed by atoms with E-state index in [0.29, 0.717) is 22.6 Å². The Kier molecular flexibility index (Phi) is 4.18. The van der Waals surface area contributed by atoms with Crippen molar-refractivity contribution in [3.05, 3.63) is 52.8 Å². The number of rotatable bonds is 3. The fraction of sp³-hybridized carbons (Fsp3) is 0.267. The quantitative estimate of drug-likeness (QED) is 0.665. The first-order valence-corrected chi connectivity index (χ1v) is 6.89. The summed E-state index contributed by atoms with van der Waals surface area (Å²) in [6.07, 6.45) is -4.39. The van der Waals surface area contributed by atoms with Crippen LogP contribution in [0.25, 0.3) is 5.69 Å². The molecule has 112 valence electrons. The monoisotopic (exact) mass is 313 g/mol. The summed E-state index contributed by atoms with van der Waals surface area (Å²) in [5.74, 6) is -0.0861. The number of Topliss-reactive ketones (excluding diaryl/α,β-unsaturated/α-hetero) is 1. The van der Waals surface area contributed by atoms with Gasteiger partial charge in [0.25, 0.3) is 0 Å². The second kappa shape index (κ2) is 5.60. The minimum absolute atomic E-state index is 0.0624. The number of alkyl halides is 3. The van der Waals surface area contributed by atoms with Gasteiger partial charge in [-0.25, -0.2) is 0 Å². The predicted octanol–water partition coefficient (Wildman–Crippen LogP) is 4.23. The summed E-state index contributed by atoms with van der Waals surface area (Å²) in [7, 11) is 0. The highest BCUT2D eigenvalue weighted by atomic mass is 32.1. The van der Waals surface area contributed by atoms with Gasteiger partial charge in [0.05, 0.1) is 11.3 Å². The molecular formula is C15H14F3NOS. The Hall–Kier alpha value is -1.69. The predicted molar refractivity (Wildman–Crippen MR) is 78.4 cm³/mol. The van der Waals surface area contributed by atoms with E-state index in [1.54, 1.807) is 30.5 Å². The van der Waals surface area contributed by atoms with E-state index in [9.17, 15) is 18.0 Å². The molecule has 0 N–H and O–H groups in total. The Morgan fingerprint density at radius 3 is 2.48 bits per heavy atom. The number of hydrogen-bond acceptors (Lipinski definition) is 2. The molecule has 0 atom stereocenters. The Morgan fingerprint density at radius 2 is 1.90 bits per heavy atom. The molecule has 0 bridgehead atoms. The zero-order valence-electron chi connectivity index (χ0n) is 11.5. The van der Waals surface area contributed by atoms with Crippen molar-refractivity contribution in [1.82, 2.24) is 4.57 Å². The lowest BCUT2D eigenvalue weighted by atomic mass is 10.1. The van der Waals surface area contributed by atoms with Crippen LogP contribution in [0, 0.1) is 13.8 Å². The summed E-state index contributed by atoms with van der Waals surface area (Å²) in [5, 5.41) is 0. The molecule has 0 saturated carbocycles. The highest BCUT2D eigenvalue weighted by Gasteiger charge is 2.30. The molecule has 0 spiro atoms. The molecule has 6 heteroatoms. The zero-order valence-corrected chi connectivity index (χ0v) is 12.4. The third-order valence-corrected chi connectivity index (χ3v) is 3.59. The molecule has 0 aliphatic rings. The van der Waals surface area contributed by atoms with Crippen molar-refractivity contribution in [2.45, 2.75) is 20.0 Å². The molecule has 2 nitrogen and oxygen atoms in total. The standard InChI is InChI=1S/C15H14F3NOS/c1-9-6-13(14(20)8-21)10(2)19(9)12-5-3-4-11(7-12)15(16,17)18/h3-7,21H,8H2,1-2H3. The number of benzene rings is 1. The topological polar surface area (TPSA) is 22.0 Å². The van der Waals surface area contributed by atoms with Crippen LogP contribution in [0.3, 0.4) is 0 Å². The highest BCUT2D eigenvalue weighted by Crippen LogP contribution is 2.31. The lowest BCUT2D eigenvalue weighted by Gasteiger charge is -2.13. The molecular weight excluding hydrogens is 299 g/mol. The van der Waals surface area contributed by atoms with E-state index in [1.165, 1.54) is 6.07 Å². The summed E-state index contributed by atoms with van der Waals surface area (Å²) in [6, 6.07) is 6.72. The van der Waals surface area contributed by atoms with Gasteiger partial charge < -0.3 is 4.57 Å². The summed E-state index contributed by atoms with van der Waals surface area (Å²) in [5.41, 5.74) is 1.48. The van der Waals surface area contributed by atoms with Gasteiger partial charge in [0.1, 0.15) is 0 Å². The van der Waals surface area contributed by atoms with Crippen LogP contribution in [0.2, 0.25) is 0 Å². The van der Waals surface area contributed by atoms with Gasteiger partial charge in [-0.2, -0.15) is 25.8 Å². The van der Waals surface area contributed by atoms with Crippen LogP contribution in [0.15, 0.2) is 30.3 Å². The SMILES string of the molecule is Cc1cc(C(=O)CS)c(C)n1-c1cccc(C(F)(F)F)c1. The van der Waals surface area contributed by atoms with Gasteiger partial charge in [0.15, 0.2) is 5.78 Å². The van der Waals surface area contributed by atoms with Gasteiger partial charge in [0.2, 0.25) is 0 Å². The molecule has 0 radical (unpaired) electrons. The Balaban J connectivity index is 2.58. The lowest BCUT2D eigenvalue weighted by molar-refractivity contribution is -0.137. The van der Waals surface area contributed by atoms with E-state index >= 15 is 0 Å². The maximum absolute atomic E-state index is 12.8. The number of carbonyl (C=O) groups excluding carboxylic acids is 1. The molecule has 1 aromatic heterocycles. The first-order chi connectivity index (χ1) is 9.75. The molecule has 0 unspecified atom stereocenters. The van der Waals surface area contributed by atoms with Crippen LogP contribution >= 0.6 is 12.6 Å². The molecule has 0 aliphatic heterocycles. The van der Waals surface area contributed by atoms with Gasteiger partial charge in [-0.1, -0.05) is 6.07 Å². The van der Waals surface area contributed by atoms with Gasteiger partial charge in [0, 0.05) is 22.6 Å². The van der Waals surface area contributed by atoms with E-state index in [1.807, 2.05) is 0 Å². The molecule has 21 heavy (non-hydrogen) atoms. The van der Waals surface area contributed by atoms with Crippen molar-refractivity contribution in [2.75, 3.05) is 5.75 Å². The highest BCUT2D eigenvalue weighted by molar-refractivity contribution is 7.81. The molecule has 0 amide bonds. The summed E-state index contributed by atoms with van der Waals surface area (Å²) in [4.78, 5) is 11.8. The maximum atomic E-state index is 12.8. The van der Waals surface area contributed by atoms with Crippen LogP contribution < -0.4 is 0 Å². The smallest absolute Gasteiger partial charge is 0.318 e. The van der Waals surface area contributed by atoms with Gasteiger partial charge >= 0.3 is 6.18 Å². The summed E-state index contributed by atoms with van der Waals surface area (Å²) >= 11 is 3.95. The molecule has 0 aliphatic carbocycles. The van der Waals surface area contributed by atoms with Crippen LogP contribution in [0.1, 0.15) is 27.3 Å². The lowest BCUT2D eigenvalue weighted by Crippen LogP contribution is -2.08. The average Bonchev–Trinajstić information content (AvgIpc) is 2.72. The molecule has 2 aromatic rings. The largest absolute Gasteiger partial charge is 0.416 e. The average molecular weight is 313 g/mol. The van der Waals surface area contributed by atoms with E-state index in [0.717, 1.165) is 12.1 Å². The van der Waals surface area contributed by atoms with E-state index in [4.69, 9.17) is 0 Å². The first kappa shape index (κ1) is 15.7. The number of carbonyl (C=O) groups is 1. The maximum Gasteiger partial charge on any atom is 0.416 e. The summed E-state index contributed by atoms with van der Waals surface area (Å²) < 4.78 is 40.0. The third kappa shape index (κ3) is 3.00. The normalized spacial score (nSPS) is 11.7. The van der Waals surface area contributed by atoms with Gasteiger partial charge in [-0.3, -0.25) is 4.79 Å². The zero-order chi connectivity index (χ0) is 15.8. The van der Waals surface area contributed by atoms with Crippen molar-refractivity contribution in [3.8, 4) is 5.69 Å². The second-order valence-electron chi connectivity index (χ2n) is 4.75. The molecule has 0 saturated heterocycles. The molecule has 1 heterocycles. The van der Waals surface area contributed by atoms with Crippen molar-refractivity contribution in [3.63, 3.8) is 0 Å². The van der Waals surface area contributed by atoms with Crippen LogP contribution in [0.5, 0.6) is 0 Å². The van der Waals surface area contributed by atoms with E-state index < -0.39 is 11.7 Å². The minimum Gasteiger partial charge on any atom is -0.318 e. The van der Waals surface area contributed by atoms with Crippen LogP contribution in [-0.4, -0.2) is 16.1 Å². The van der Waals surface area contributed by atoms with Gasteiger partial charge in [-0.15, -0.1) is 0 Å². The van der Waals surface area contributed by atoms with Crippen molar-refractivity contribution < 1.29 is 18.0 Å². The molecule has 0 fully saturated rings. The van der Waals surface area contributed by atoms with Gasteiger partial charge in [-0.05, 0) is 38.1 Å². The number of aromatic nitrogens is 1. The van der Waals surface area contributed by atoms with E-state index in [2.05, 4.69) is 12.6 Å². The summed E-state index contributed by atoms with van der Waals surface area (Å²) in [6.45, 7) is 3.46. The van der Waals surface area contributed by atoms with Crippen molar-refractivity contribution in [1.29, 1.82) is 0 Å². The Bertz CT molecular complexity index is 689. The number of nitrogens with zero attached hydrogens (tertiary/aromatic N) is 1. The fourth-order valence-electron chi connectivity index (χ4n) is 2.35. The minimum atomic E-state index is -4.39.